The molecule has 6 aromatic rings. The van der Waals surface area contributed by atoms with E-state index in [0.717, 1.165) is 110 Å². The van der Waals surface area contributed by atoms with E-state index in [1.807, 2.05) is 48.5 Å². The molecule has 0 saturated heterocycles. The van der Waals surface area contributed by atoms with Gasteiger partial charge in [-0.2, -0.15) is 0 Å². The minimum atomic E-state index is -0.524. The molecule has 0 atom stereocenters. The van der Waals surface area contributed by atoms with Crippen molar-refractivity contribution < 1.29 is 42.8 Å². The molecule has 92 heavy (non-hydrogen) atoms. The first-order valence-corrected chi connectivity index (χ1v) is 37.5. The average Bonchev–Trinajstić information content (AvgIpc) is 0.703. The number of benzene rings is 6. The number of fused-ring (bicyclic) bond motifs is 9. The van der Waals surface area contributed by atoms with Crippen LogP contribution in [0.3, 0.4) is 0 Å². The molecule has 0 amide bonds. The van der Waals surface area contributed by atoms with Gasteiger partial charge in [0, 0.05) is 43.4 Å². The van der Waals surface area contributed by atoms with E-state index in [1.165, 1.54) is 192 Å². The van der Waals surface area contributed by atoms with Crippen LogP contribution >= 0.6 is 0 Å². The first-order chi connectivity index (χ1) is 45.4. The van der Waals surface area contributed by atoms with E-state index in [-0.39, 0.29) is 24.8 Å². The van der Waals surface area contributed by atoms with Crippen LogP contribution in [0.4, 0.5) is 0 Å². The highest BCUT2D eigenvalue weighted by atomic mass is 16.6. The molecule has 0 spiro atoms. The molecule has 9 nitrogen and oxygen atoms in total. The lowest BCUT2D eigenvalue weighted by atomic mass is 9.84. The third kappa shape index (κ3) is 24.1. The van der Waals surface area contributed by atoms with Crippen LogP contribution in [-0.4, -0.2) is 50.6 Å². The number of carbonyl (C=O) groups excluding carboxylic acids is 3. The first-order valence-electron chi connectivity index (χ1n) is 37.5. The van der Waals surface area contributed by atoms with E-state index in [2.05, 4.69) is 45.9 Å². The van der Waals surface area contributed by atoms with Gasteiger partial charge in [-0.15, -0.1) is 0 Å². The molecule has 0 heterocycles. The predicted octanol–water partition coefficient (Wildman–Crippen LogP) is 24.6. The van der Waals surface area contributed by atoms with Crippen LogP contribution < -0.4 is 23.7 Å². The standard InChI is InChI=1S/C83H118O9/c1-5-9-13-17-21-25-29-33-37-44-55-88-74-59-67-66(51-48-52-73(67)92-78(86)64-87-63-65-49-42-41-43-50-65)79-69(74)61-76(90-57-46-39-35-31-27-23-19-15-11-7-3)82-77(91-58-47-40-36-32-28-24-20-16-12-8-4)62-70-75(89-56-45-38-34-30-26-22-18-14-10-6-2)60-68-71(84)53-54-72(85)80(68)81(70)83(79)82/h41-43,48-54,59-62H,5-40,44-47,55-58,63-64H2,1-4H3. The van der Waals surface area contributed by atoms with Gasteiger partial charge in [-0.1, -0.05) is 301 Å². The van der Waals surface area contributed by atoms with Crippen molar-refractivity contribution in [2.24, 2.45) is 0 Å². The molecule has 0 aliphatic heterocycles. The van der Waals surface area contributed by atoms with Gasteiger partial charge in [0.1, 0.15) is 35.4 Å². The van der Waals surface area contributed by atoms with Crippen LogP contribution in [-0.2, 0) is 16.1 Å². The van der Waals surface area contributed by atoms with Gasteiger partial charge in [0.05, 0.1) is 38.4 Å². The van der Waals surface area contributed by atoms with Gasteiger partial charge in [0.2, 0.25) is 0 Å². The molecule has 0 fully saturated rings. The topological polar surface area (TPSA) is 107 Å². The molecule has 0 bridgehead atoms. The van der Waals surface area contributed by atoms with E-state index in [0.29, 0.717) is 82.5 Å². The second kappa shape index (κ2) is 43.9. The zero-order chi connectivity index (χ0) is 64.6. The lowest BCUT2D eigenvalue weighted by Gasteiger charge is -2.24. The van der Waals surface area contributed by atoms with E-state index in [9.17, 15) is 14.4 Å². The normalized spacial score (nSPS) is 12.3. The Hall–Kier alpha value is -5.93. The Morgan fingerprint density at radius 2 is 0.707 bits per heavy atom. The van der Waals surface area contributed by atoms with Crippen molar-refractivity contribution in [1.29, 1.82) is 0 Å². The summed E-state index contributed by atoms with van der Waals surface area (Å²) in [6, 6.07) is 23.6. The van der Waals surface area contributed by atoms with E-state index < -0.39 is 5.97 Å². The summed E-state index contributed by atoms with van der Waals surface area (Å²) in [6.45, 7) is 11.0. The highest BCUT2D eigenvalue weighted by Crippen LogP contribution is 2.52. The number of hydrogen-bond donors (Lipinski definition) is 0. The summed E-state index contributed by atoms with van der Waals surface area (Å²) in [4.78, 5) is 43.2. The summed E-state index contributed by atoms with van der Waals surface area (Å²) in [6.07, 6.45) is 51.0. The second-order valence-electron chi connectivity index (χ2n) is 26.5. The fourth-order valence-electron chi connectivity index (χ4n) is 13.4. The Morgan fingerprint density at radius 3 is 1.15 bits per heavy atom. The zero-order valence-electron chi connectivity index (χ0n) is 57.8. The fraction of sp³-hybridized carbons (Fsp3) is 0.602. The minimum Gasteiger partial charge on any atom is -0.493 e. The molecule has 0 aromatic heterocycles. The third-order valence-electron chi connectivity index (χ3n) is 18.7. The predicted molar refractivity (Wildman–Crippen MR) is 385 cm³/mol. The van der Waals surface area contributed by atoms with E-state index in [1.54, 1.807) is 6.07 Å². The van der Waals surface area contributed by atoms with Crippen molar-refractivity contribution in [3.05, 3.63) is 102 Å². The number of hydrogen-bond acceptors (Lipinski definition) is 9. The van der Waals surface area contributed by atoms with Crippen LogP contribution in [0.15, 0.2) is 84.9 Å². The Morgan fingerprint density at radius 1 is 0.326 bits per heavy atom. The smallest absolute Gasteiger partial charge is 0.337 e. The van der Waals surface area contributed by atoms with Crippen LogP contribution in [0.25, 0.3) is 43.1 Å². The lowest BCUT2D eigenvalue weighted by molar-refractivity contribution is -0.139. The second-order valence-corrected chi connectivity index (χ2v) is 26.5. The minimum absolute atomic E-state index is 0.244. The SMILES string of the molecule is CCCCCCCCCCCCOc1cc2c(c3c1cc(OCCCCCCCCCCCC)c1c(OCCCCCCCCCCCC)cc4c(OCCCCCCCCCCCC)cc5c(OC(=O)COCc6ccccc6)cccc5c4c13)C(=O)C=CC2=O. The van der Waals surface area contributed by atoms with E-state index >= 15 is 0 Å². The molecular formula is C83H118O9. The van der Waals surface area contributed by atoms with Crippen molar-refractivity contribution in [2.45, 2.75) is 291 Å². The average molecular weight is 1260 g/mol. The number of rotatable bonds is 53. The van der Waals surface area contributed by atoms with Gasteiger partial charge in [-0.3, -0.25) is 9.59 Å². The summed E-state index contributed by atoms with van der Waals surface area (Å²) in [5.74, 6) is 1.79. The van der Waals surface area contributed by atoms with Crippen molar-refractivity contribution in [3.63, 3.8) is 0 Å². The number of allylic oxidation sites excluding steroid dienone is 2. The van der Waals surface area contributed by atoms with Crippen molar-refractivity contribution in [1.82, 2.24) is 0 Å². The molecule has 0 radical (unpaired) electrons. The summed E-state index contributed by atoms with van der Waals surface area (Å²) >= 11 is 0. The van der Waals surface area contributed by atoms with Gasteiger partial charge in [0.25, 0.3) is 0 Å². The Kier molecular flexibility index (Phi) is 35.0. The van der Waals surface area contributed by atoms with Gasteiger partial charge in [-0.05, 0) is 79.1 Å². The maximum Gasteiger partial charge on any atom is 0.337 e. The maximum absolute atomic E-state index is 14.9. The van der Waals surface area contributed by atoms with Crippen molar-refractivity contribution in [2.75, 3.05) is 33.0 Å². The van der Waals surface area contributed by atoms with Crippen molar-refractivity contribution >= 4 is 60.6 Å². The van der Waals surface area contributed by atoms with Gasteiger partial charge in [-0.25, -0.2) is 4.79 Å². The highest BCUT2D eigenvalue weighted by Gasteiger charge is 2.30. The quantitative estimate of drug-likeness (QED) is 0.0160. The highest BCUT2D eigenvalue weighted by molar-refractivity contribution is 6.38. The molecule has 0 saturated carbocycles. The van der Waals surface area contributed by atoms with Crippen LogP contribution in [0.5, 0.6) is 28.7 Å². The molecule has 1 aliphatic carbocycles. The molecule has 1 aliphatic rings. The molecule has 6 aromatic carbocycles. The largest absolute Gasteiger partial charge is 0.493 e. The molecular weight excluding hydrogens is 1140 g/mol. The van der Waals surface area contributed by atoms with Crippen LogP contribution in [0.2, 0.25) is 0 Å². The summed E-state index contributed by atoms with van der Waals surface area (Å²) in [7, 11) is 0. The number of unbranched alkanes of at least 4 members (excludes halogenated alkanes) is 36. The monoisotopic (exact) mass is 1260 g/mol. The van der Waals surface area contributed by atoms with Crippen LogP contribution in [0, 0.1) is 0 Å². The molecule has 504 valence electrons. The van der Waals surface area contributed by atoms with E-state index in [4.69, 9.17) is 28.4 Å². The lowest BCUT2D eigenvalue weighted by Crippen LogP contribution is -2.15. The fourth-order valence-corrected chi connectivity index (χ4v) is 13.4. The van der Waals surface area contributed by atoms with Gasteiger partial charge < -0.3 is 28.4 Å². The molecule has 0 N–H and O–H groups in total. The number of carbonyl (C=O) groups is 3. The van der Waals surface area contributed by atoms with Gasteiger partial charge >= 0.3 is 5.97 Å². The van der Waals surface area contributed by atoms with Crippen molar-refractivity contribution in [3.8, 4) is 28.7 Å². The summed E-state index contributed by atoms with van der Waals surface area (Å²) in [5, 5.41) is 5.82. The van der Waals surface area contributed by atoms with Gasteiger partial charge in [0.15, 0.2) is 11.6 Å². The Labute approximate surface area is 555 Å². The number of ketones is 2. The summed E-state index contributed by atoms with van der Waals surface area (Å²) in [5.41, 5.74) is 1.61. The van der Waals surface area contributed by atoms with Crippen LogP contribution in [0.1, 0.15) is 311 Å². The Balaban J connectivity index is 1.35. The summed E-state index contributed by atoms with van der Waals surface area (Å²) < 4.78 is 40.6. The number of esters is 1. The number of ether oxygens (including phenoxy) is 6. The molecule has 9 heteroatoms. The molecule has 7 rings (SSSR count). The maximum atomic E-state index is 14.9. The zero-order valence-corrected chi connectivity index (χ0v) is 57.8. The third-order valence-corrected chi connectivity index (χ3v) is 18.7. The molecule has 0 unspecified atom stereocenters. The Bertz CT molecular complexity index is 3110. The first kappa shape index (κ1) is 73.5.